The molecule has 8 heteroatoms. The van der Waals surface area contributed by atoms with Gasteiger partial charge in [-0.15, -0.1) is 0 Å². The van der Waals surface area contributed by atoms with E-state index in [0.717, 1.165) is 45.7 Å². The Bertz CT molecular complexity index is 731. The molecule has 3 amide bonds. The van der Waals surface area contributed by atoms with Crippen LogP contribution >= 0.6 is 0 Å². The first-order valence-electron chi connectivity index (χ1n) is 10.8. The molecule has 1 aromatic rings. The van der Waals surface area contributed by atoms with Crippen LogP contribution in [0.3, 0.4) is 0 Å². The van der Waals surface area contributed by atoms with Gasteiger partial charge in [-0.05, 0) is 30.7 Å². The van der Waals surface area contributed by atoms with Crippen LogP contribution in [0.15, 0.2) is 24.3 Å². The minimum absolute atomic E-state index is 0.0488. The number of morpholine rings is 1. The maximum absolute atomic E-state index is 12.5. The highest BCUT2D eigenvalue weighted by molar-refractivity contribution is 5.98. The van der Waals surface area contributed by atoms with E-state index in [1.807, 2.05) is 0 Å². The molecule has 8 nitrogen and oxygen atoms in total. The second kappa shape index (κ2) is 11.1. The number of amides is 3. The molecule has 2 heterocycles. The number of unbranched alkanes of at least 4 members (excludes halogenated alkanes) is 1. The Kier molecular flexibility index (Phi) is 8.21. The molecule has 3 rings (SSSR count). The minimum Gasteiger partial charge on any atom is -0.379 e. The van der Waals surface area contributed by atoms with E-state index in [4.69, 9.17) is 4.74 Å². The topological polar surface area (TPSA) is 91.0 Å². The molecule has 0 saturated carbocycles. The molecule has 30 heavy (non-hydrogen) atoms. The highest BCUT2D eigenvalue weighted by Gasteiger charge is 2.33. The van der Waals surface area contributed by atoms with Crippen LogP contribution in [0.25, 0.3) is 0 Å². The number of ether oxygens (including phenoxy) is 1. The molecule has 0 aliphatic carbocycles. The number of nitrogens with one attached hydrogen (secondary N) is 2. The molecule has 2 aliphatic heterocycles. The van der Waals surface area contributed by atoms with Gasteiger partial charge < -0.3 is 20.3 Å². The van der Waals surface area contributed by atoms with Gasteiger partial charge in [-0.25, -0.2) is 0 Å². The maximum atomic E-state index is 12.5. The summed E-state index contributed by atoms with van der Waals surface area (Å²) in [5.74, 6) is -0.552. The molecular formula is C22H32N4O4. The molecule has 164 valence electrons. The van der Waals surface area contributed by atoms with Gasteiger partial charge in [-0.3, -0.25) is 19.3 Å². The van der Waals surface area contributed by atoms with Crippen molar-refractivity contribution in [3.63, 3.8) is 0 Å². The lowest BCUT2D eigenvalue weighted by atomic mass is 10.1. The van der Waals surface area contributed by atoms with Gasteiger partial charge in [-0.1, -0.05) is 13.3 Å². The van der Waals surface area contributed by atoms with Crippen molar-refractivity contribution in [2.45, 2.75) is 26.2 Å². The van der Waals surface area contributed by atoms with Crippen LogP contribution in [0.4, 0.5) is 5.69 Å². The summed E-state index contributed by atoms with van der Waals surface area (Å²) in [7, 11) is 0. The van der Waals surface area contributed by atoms with Crippen LogP contribution in [0, 0.1) is 5.92 Å². The monoisotopic (exact) mass is 416 g/mol. The first-order chi connectivity index (χ1) is 14.6. The number of anilines is 1. The highest BCUT2D eigenvalue weighted by Crippen LogP contribution is 2.20. The highest BCUT2D eigenvalue weighted by atomic mass is 16.5. The summed E-state index contributed by atoms with van der Waals surface area (Å²) >= 11 is 0. The Balaban J connectivity index is 1.43. The lowest BCUT2D eigenvalue weighted by Gasteiger charge is -2.26. The normalized spacial score (nSPS) is 19.7. The Labute approximate surface area is 177 Å². The fourth-order valence-electron chi connectivity index (χ4n) is 3.72. The van der Waals surface area contributed by atoms with Gasteiger partial charge in [0.1, 0.15) is 0 Å². The maximum Gasteiger partial charge on any atom is 0.251 e. The largest absolute Gasteiger partial charge is 0.379 e. The second-order valence-electron chi connectivity index (χ2n) is 7.87. The van der Waals surface area contributed by atoms with E-state index >= 15 is 0 Å². The van der Waals surface area contributed by atoms with E-state index in [1.165, 1.54) is 0 Å². The van der Waals surface area contributed by atoms with Crippen molar-refractivity contribution in [2.75, 3.05) is 57.8 Å². The third-order valence-corrected chi connectivity index (χ3v) is 5.60. The van der Waals surface area contributed by atoms with Gasteiger partial charge in [0.05, 0.1) is 19.1 Å². The van der Waals surface area contributed by atoms with Gasteiger partial charge in [-0.2, -0.15) is 0 Å². The summed E-state index contributed by atoms with van der Waals surface area (Å²) < 4.78 is 5.32. The third-order valence-electron chi connectivity index (χ3n) is 5.60. The first kappa shape index (κ1) is 22.2. The van der Waals surface area contributed by atoms with Crippen molar-refractivity contribution in [3.8, 4) is 0 Å². The molecule has 2 fully saturated rings. The summed E-state index contributed by atoms with van der Waals surface area (Å²) in [4.78, 5) is 40.9. The zero-order valence-electron chi connectivity index (χ0n) is 17.7. The number of hydrogen-bond acceptors (Lipinski definition) is 5. The summed E-state index contributed by atoms with van der Waals surface area (Å²) in [5, 5.41) is 5.79. The standard InChI is InChI=1S/C22H32N4O4/c1-2-3-9-26-16-18(15-20(26)27)22(29)24-19-6-4-17(5-7-19)21(28)23-8-10-25-11-13-30-14-12-25/h4-7,18H,2-3,8-16H2,1H3,(H,23,28)(H,24,29). The lowest BCUT2D eigenvalue weighted by Crippen LogP contribution is -2.41. The van der Waals surface area contributed by atoms with Crippen molar-refractivity contribution in [3.05, 3.63) is 29.8 Å². The third kappa shape index (κ3) is 6.27. The van der Waals surface area contributed by atoms with Crippen molar-refractivity contribution in [1.29, 1.82) is 0 Å². The van der Waals surface area contributed by atoms with E-state index in [9.17, 15) is 14.4 Å². The average molecular weight is 417 g/mol. The number of likely N-dealkylation sites (tertiary alicyclic amines) is 1. The number of carbonyl (C=O) groups is 3. The molecule has 0 bridgehead atoms. The van der Waals surface area contributed by atoms with Crippen LogP contribution in [0.2, 0.25) is 0 Å². The van der Waals surface area contributed by atoms with E-state index < -0.39 is 0 Å². The van der Waals surface area contributed by atoms with Gasteiger partial charge in [0.2, 0.25) is 11.8 Å². The fourth-order valence-corrected chi connectivity index (χ4v) is 3.72. The predicted octanol–water partition coefficient (Wildman–Crippen LogP) is 1.34. The van der Waals surface area contributed by atoms with Crippen LogP contribution in [0.1, 0.15) is 36.5 Å². The molecule has 2 saturated heterocycles. The number of carbonyl (C=O) groups excluding carboxylic acids is 3. The zero-order valence-corrected chi connectivity index (χ0v) is 17.7. The molecule has 1 unspecified atom stereocenters. The number of rotatable bonds is 9. The van der Waals surface area contributed by atoms with E-state index in [2.05, 4.69) is 22.5 Å². The van der Waals surface area contributed by atoms with Gasteiger partial charge in [0, 0.05) is 56.9 Å². The summed E-state index contributed by atoms with van der Waals surface area (Å²) in [6.07, 6.45) is 2.24. The zero-order chi connectivity index (χ0) is 21.3. The first-order valence-corrected chi connectivity index (χ1v) is 10.8. The Hall–Kier alpha value is -2.45. The Morgan fingerprint density at radius 3 is 2.57 bits per heavy atom. The van der Waals surface area contributed by atoms with Crippen molar-refractivity contribution in [1.82, 2.24) is 15.1 Å². The molecule has 2 aliphatic rings. The Morgan fingerprint density at radius 1 is 1.13 bits per heavy atom. The quantitative estimate of drug-likeness (QED) is 0.634. The molecule has 1 aromatic carbocycles. The average Bonchev–Trinajstić information content (AvgIpc) is 3.14. The summed E-state index contributed by atoms with van der Waals surface area (Å²) in [6, 6.07) is 6.85. The van der Waals surface area contributed by atoms with Gasteiger partial charge in [0.15, 0.2) is 0 Å². The van der Waals surface area contributed by atoms with Crippen molar-refractivity contribution < 1.29 is 19.1 Å². The van der Waals surface area contributed by atoms with Crippen LogP contribution in [0.5, 0.6) is 0 Å². The molecule has 0 radical (unpaired) electrons. The predicted molar refractivity (Wildman–Crippen MR) is 114 cm³/mol. The number of nitrogens with zero attached hydrogens (tertiary/aromatic N) is 2. The van der Waals surface area contributed by atoms with E-state index in [0.29, 0.717) is 30.9 Å². The smallest absolute Gasteiger partial charge is 0.251 e. The molecule has 0 spiro atoms. The minimum atomic E-state index is -0.322. The van der Waals surface area contributed by atoms with Crippen LogP contribution in [-0.2, 0) is 14.3 Å². The number of benzene rings is 1. The second-order valence-corrected chi connectivity index (χ2v) is 7.87. The van der Waals surface area contributed by atoms with Crippen LogP contribution in [-0.4, -0.2) is 80.0 Å². The van der Waals surface area contributed by atoms with Crippen LogP contribution < -0.4 is 10.6 Å². The van der Waals surface area contributed by atoms with Crippen molar-refractivity contribution >= 4 is 23.4 Å². The summed E-state index contributed by atoms with van der Waals surface area (Å²) in [5.41, 5.74) is 1.18. The summed E-state index contributed by atoms with van der Waals surface area (Å²) in [6.45, 7) is 7.95. The van der Waals surface area contributed by atoms with Gasteiger partial charge >= 0.3 is 0 Å². The number of hydrogen-bond donors (Lipinski definition) is 2. The van der Waals surface area contributed by atoms with Crippen molar-refractivity contribution in [2.24, 2.45) is 5.92 Å². The van der Waals surface area contributed by atoms with Gasteiger partial charge in [0.25, 0.3) is 5.91 Å². The van der Waals surface area contributed by atoms with E-state index in [1.54, 1.807) is 29.2 Å². The van der Waals surface area contributed by atoms with E-state index in [-0.39, 0.29) is 30.1 Å². The molecule has 2 N–H and O–H groups in total. The SMILES string of the molecule is CCCCN1CC(C(=O)Nc2ccc(C(=O)NCCN3CCOCC3)cc2)CC1=O. The molecule has 0 aromatic heterocycles. The lowest BCUT2D eigenvalue weighted by molar-refractivity contribution is -0.128. The molecular weight excluding hydrogens is 384 g/mol. The fraction of sp³-hybridized carbons (Fsp3) is 0.591. The molecule has 1 atom stereocenters. The Morgan fingerprint density at radius 2 is 1.87 bits per heavy atom.